The number of rotatable bonds is 2. The maximum Gasteiger partial charge on any atom is 0.393 e. The topological polar surface area (TPSA) is 41.0 Å². The molecular formula is C13H13F3N4S. The van der Waals surface area contributed by atoms with E-state index in [4.69, 9.17) is 0 Å². The summed E-state index contributed by atoms with van der Waals surface area (Å²) in [6, 6.07) is 1.59. The van der Waals surface area contributed by atoms with Crippen molar-refractivity contribution >= 4 is 27.4 Å². The van der Waals surface area contributed by atoms with Crippen LogP contribution in [0.25, 0.3) is 10.2 Å². The van der Waals surface area contributed by atoms with Crippen LogP contribution in [0, 0.1) is 5.41 Å². The zero-order chi connectivity index (χ0) is 14.7. The Morgan fingerprint density at radius 1 is 1.29 bits per heavy atom. The van der Waals surface area contributed by atoms with E-state index in [-0.39, 0.29) is 0 Å². The molecule has 8 heteroatoms. The number of hydrogen-bond donors (Lipinski definition) is 1. The highest BCUT2D eigenvalue weighted by molar-refractivity contribution is 7.18. The normalized spacial score (nSPS) is 20.6. The third kappa shape index (κ3) is 2.26. The molecule has 0 unspecified atom stereocenters. The van der Waals surface area contributed by atoms with Gasteiger partial charge in [0.2, 0.25) is 0 Å². The Balaban J connectivity index is 1.63. The van der Waals surface area contributed by atoms with Crippen molar-refractivity contribution in [3.8, 4) is 0 Å². The van der Waals surface area contributed by atoms with Crippen LogP contribution < -0.4 is 10.2 Å². The molecule has 0 aliphatic carbocycles. The molecule has 2 aromatic heterocycles. The molecule has 4 heterocycles. The fourth-order valence-electron chi connectivity index (χ4n) is 3.05. The number of halogens is 3. The molecular weight excluding hydrogens is 301 g/mol. The molecule has 21 heavy (non-hydrogen) atoms. The van der Waals surface area contributed by atoms with E-state index in [0.717, 1.165) is 48.7 Å². The maximum absolute atomic E-state index is 12.5. The molecule has 2 fully saturated rings. The minimum atomic E-state index is -4.19. The van der Waals surface area contributed by atoms with Gasteiger partial charge in [0.25, 0.3) is 0 Å². The summed E-state index contributed by atoms with van der Waals surface area (Å²) in [5, 5.41) is 4.00. The van der Waals surface area contributed by atoms with Gasteiger partial charge >= 0.3 is 6.18 Å². The molecule has 0 atom stereocenters. The highest BCUT2D eigenvalue weighted by atomic mass is 32.1. The number of nitrogens with zero attached hydrogens (tertiary/aromatic N) is 3. The van der Waals surface area contributed by atoms with Crippen LogP contribution in [0.5, 0.6) is 0 Å². The van der Waals surface area contributed by atoms with Gasteiger partial charge in [-0.25, -0.2) is 9.97 Å². The van der Waals surface area contributed by atoms with E-state index >= 15 is 0 Å². The Bertz CT molecular complexity index is 684. The first kappa shape index (κ1) is 13.3. The second kappa shape index (κ2) is 4.30. The van der Waals surface area contributed by atoms with E-state index in [1.54, 1.807) is 6.07 Å². The molecule has 2 aliphatic rings. The molecule has 0 bridgehead atoms. The highest BCUT2D eigenvalue weighted by Gasteiger charge is 2.48. The predicted octanol–water partition coefficient (Wildman–Crippen LogP) is 2.21. The van der Waals surface area contributed by atoms with E-state index in [1.807, 2.05) is 0 Å². The summed E-state index contributed by atoms with van der Waals surface area (Å²) in [6.45, 7) is 3.86. The fourth-order valence-corrected chi connectivity index (χ4v) is 4.07. The summed E-state index contributed by atoms with van der Waals surface area (Å²) < 4.78 is 37.5. The van der Waals surface area contributed by atoms with Gasteiger partial charge in [0, 0.05) is 36.5 Å². The lowest BCUT2D eigenvalue weighted by atomic mass is 9.74. The molecule has 2 aliphatic heterocycles. The lowest BCUT2D eigenvalue weighted by Crippen LogP contribution is -2.71. The number of aromatic nitrogens is 2. The molecule has 2 saturated heterocycles. The van der Waals surface area contributed by atoms with Gasteiger partial charge < -0.3 is 10.2 Å². The standard InChI is InChI=1S/C13H13F3N4S/c14-13(15,16)2-8-1-9-10(18-7-19-11(9)21-8)20-5-12(6-20)3-17-4-12/h1,7,17H,2-6H2. The van der Waals surface area contributed by atoms with Crippen molar-refractivity contribution in [1.82, 2.24) is 15.3 Å². The van der Waals surface area contributed by atoms with Crippen LogP contribution in [0.2, 0.25) is 0 Å². The first-order valence-electron chi connectivity index (χ1n) is 6.70. The van der Waals surface area contributed by atoms with Gasteiger partial charge in [0.1, 0.15) is 17.0 Å². The number of hydrogen-bond acceptors (Lipinski definition) is 5. The van der Waals surface area contributed by atoms with E-state index in [0.29, 0.717) is 15.1 Å². The predicted molar refractivity (Wildman–Crippen MR) is 74.7 cm³/mol. The van der Waals surface area contributed by atoms with Crippen LogP contribution in [-0.2, 0) is 6.42 Å². The minimum Gasteiger partial charge on any atom is -0.355 e. The van der Waals surface area contributed by atoms with Gasteiger partial charge in [-0.3, -0.25) is 0 Å². The second-order valence-corrected chi connectivity index (χ2v) is 7.00. The Hall–Kier alpha value is -1.41. The molecule has 2 aromatic rings. The third-order valence-electron chi connectivity index (χ3n) is 4.09. The lowest BCUT2D eigenvalue weighted by Gasteiger charge is -2.56. The van der Waals surface area contributed by atoms with Crippen molar-refractivity contribution < 1.29 is 13.2 Å². The molecule has 1 spiro atoms. The van der Waals surface area contributed by atoms with Crippen LogP contribution in [0.15, 0.2) is 12.4 Å². The highest BCUT2D eigenvalue weighted by Crippen LogP contribution is 2.40. The fraction of sp³-hybridized carbons (Fsp3) is 0.538. The van der Waals surface area contributed by atoms with Crippen LogP contribution >= 0.6 is 11.3 Å². The van der Waals surface area contributed by atoms with Crippen molar-refractivity contribution in [2.45, 2.75) is 12.6 Å². The summed E-state index contributed by atoms with van der Waals surface area (Å²) in [5.41, 5.74) is 0.349. The van der Waals surface area contributed by atoms with Crippen molar-refractivity contribution in [3.05, 3.63) is 17.3 Å². The first-order chi connectivity index (χ1) is 9.94. The van der Waals surface area contributed by atoms with Crippen LogP contribution in [0.3, 0.4) is 0 Å². The molecule has 0 aromatic carbocycles. The van der Waals surface area contributed by atoms with E-state index in [9.17, 15) is 13.2 Å². The first-order valence-corrected chi connectivity index (χ1v) is 7.52. The van der Waals surface area contributed by atoms with Crippen LogP contribution in [0.1, 0.15) is 4.88 Å². The summed E-state index contributed by atoms with van der Waals surface area (Å²) >= 11 is 1.10. The zero-order valence-corrected chi connectivity index (χ0v) is 11.9. The second-order valence-electron chi connectivity index (χ2n) is 5.88. The molecule has 112 valence electrons. The van der Waals surface area contributed by atoms with E-state index in [1.165, 1.54) is 6.33 Å². The van der Waals surface area contributed by atoms with Gasteiger partial charge in [-0.05, 0) is 6.07 Å². The number of fused-ring (bicyclic) bond motifs is 1. The number of nitrogens with one attached hydrogen (secondary N) is 1. The van der Waals surface area contributed by atoms with Crippen molar-refractivity contribution in [3.63, 3.8) is 0 Å². The van der Waals surface area contributed by atoms with Gasteiger partial charge in [-0.2, -0.15) is 13.2 Å². The zero-order valence-electron chi connectivity index (χ0n) is 11.1. The molecule has 0 saturated carbocycles. The van der Waals surface area contributed by atoms with Crippen molar-refractivity contribution in [1.29, 1.82) is 0 Å². The number of anilines is 1. The van der Waals surface area contributed by atoms with Gasteiger partial charge in [0.15, 0.2) is 0 Å². The Morgan fingerprint density at radius 2 is 2.05 bits per heavy atom. The summed E-state index contributed by atoms with van der Waals surface area (Å²) in [4.78, 5) is 11.4. The summed E-state index contributed by atoms with van der Waals surface area (Å²) in [7, 11) is 0. The average Bonchev–Trinajstić information content (AvgIpc) is 2.65. The van der Waals surface area contributed by atoms with Crippen LogP contribution in [-0.4, -0.2) is 42.3 Å². The molecule has 4 nitrogen and oxygen atoms in total. The third-order valence-corrected chi connectivity index (χ3v) is 5.13. The van der Waals surface area contributed by atoms with Crippen LogP contribution in [0.4, 0.5) is 19.0 Å². The van der Waals surface area contributed by atoms with Crippen molar-refractivity contribution in [2.75, 3.05) is 31.1 Å². The SMILES string of the molecule is FC(F)(F)Cc1cc2c(N3CC4(CNC4)C3)ncnc2s1. The van der Waals surface area contributed by atoms with Gasteiger partial charge in [-0.15, -0.1) is 11.3 Å². The minimum absolute atomic E-state index is 0.291. The van der Waals surface area contributed by atoms with Gasteiger partial charge in [0.05, 0.1) is 11.8 Å². The average molecular weight is 314 g/mol. The molecule has 0 amide bonds. The lowest BCUT2D eigenvalue weighted by molar-refractivity contribution is -0.126. The smallest absolute Gasteiger partial charge is 0.355 e. The van der Waals surface area contributed by atoms with E-state index in [2.05, 4.69) is 20.2 Å². The largest absolute Gasteiger partial charge is 0.393 e. The summed E-state index contributed by atoms with van der Waals surface area (Å²) in [5.74, 6) is 0.766. The van der Waals surface area contributed by atoms with Gasteiger partial charge in [-0.1, -0.05) is 0 Å². The Kier molecular flexibility index (Phi) is 2.71. The monoisotopic (exact) mass is 314 g/mol. The quantitative estimate of drug-likeness (QED) is 0.923. The number of thiophene rings is 1. The molecule has 0 radical (unpaired) electrons. The molecule has 1 N–H and O–H groups in total. The Morgan fingerprint density at radius 3 is 2.67 bits per heavy atom. The maximum atomic E-state index is 12.5. The molecule has 4 rings (SSSR count). The van der Waals surface area contributed by atoms with E-state index < -0.39 is 12.6 Å². The summed E-state index contributed by atoms with van der Waals surface area (Å²) in [6.07, 6.45) is -3.65. The number of alkyl halides is 3. The Labute approximate surface area is 123 Å². The van der Waals surface area contributed by atoms with Crippen molar-refractivity contribution in [2.24, 2.45) is 5.41 Å².